The molecule has 0 amide bonds. The molecule has 1 atom stereocenters. The van der Waals surface area contributed by atoms with Crippen LogP contribution in [0.2, 0.25) is 5.28 Å². The summed E-state index contributed by atoms with van der Waals surface area (Å²) in [5, 5.41) is 8.26. The molecule has 0 saturated carbocycles. The van der Waals surface area contributed by atoms with Crippen molar-refractivity contribution in [2.75, 3.05) is 0 Å². The van der Waals surface area contributed by atoms with Crippen LogP contribution in [0.5, 0.6) is 0 Å². The van der Waals surface area contributed by atoms with Gasteiger partial charge >= 0.3 is 0 Å². The van der Waals surface area contributed by atoms with Crippen LogP contribution in [0, 0.1) is 13.8 Å². The zero-order valence-corrected chi connectivity index (χ0v) is 10.4. The third-order valence-corrected chi connectivity index (χ3v) is 3.03. The molecule has 0 fully saturated rings. The fourth-order valence-electron chi connectivity index (χ4n) is 1.78. The molecule has 1 heterocycles. The molecule has 0 N–H and O–H groups in total. The summed E-state index contributed by atoms with van der Waals surface area (Å²) in [5.74, 6) is 0.832. The van der Waals surface area contributed by atoms with Crippen molar-refractivity contribution < 1.29 is 0 Å². The van der Waals surface area contributed by atoms with Gasteiger partial charge in [0.25, 0.3) is 0 Å². The molecule has 1 unspecified atom stereocenters. The fourth-order valence-corrected chi connectivity index (χ4v) is 2.08. The molecule has 2 aromatic rings. The van der Waals surface area contributed by atoms with Gasteiger partial charge in [-0.05, 0) is 37.9 Å². The monoisotopic (exact) mass is 235 g/mol. The summed E-state index contributed by atoms with van der Waals surface area (Å²) in [7, 11) is 0. The predicted octanol–water partition coefficient (Wildman–Crippen LogP) is 3.16. The Morgan fingerprint density at radius 3 is 2.25 bits per heavy atom. The van der Waals surface area contributed by atoms with Crippen molar-refractivity contribution >= 4 is 11.6 Å². The van der Waals surface area contributed by atoms with Gasteiger partial charge < -0.3 is 0 Å². The van der Waals surface area contributed by atoms with Gasteiger partial charge in [-0.25, -0.2) is 0 Å². The van der Waals surface area contributed by atoms with E-state index in [0.29, 0.717) is 5.28 Å². The van der Waals surface area contributed by atoms with E-state index in [1.165, 1.54) is 11.1 Å². The van der Waals surface area contributed by atoms with Gasteiger partial charge in [0.2, 0.25) is 5.28 Å². The maximum atomic E-state index is 6.01. The highest BCUT2D eigenvalue weighted by molar-refractivity contribution is 6.28. The largest absolute Gasteiger partial charge is 0.295 e. The highest BCUT2D eigenvalue weighted by Crippen LogP contribution is 2.23. The Morgan fingerprint density at radius 1 is 1.12 bits per heavy atom. The van der Waals surface area contributed by atoms with Crippen LogP contribution in [0.15, 0.2) is 24.3 Å². The molecule has 2 rings (SSSR count). The van der Waals surface area contributed by atoms with Crippen LogP contribution in [-0.4, -0.2) is 14.8 Å². The van der Waals surface area contributed by atoms with Crippen molar-refractivity contribution in [1.29, 1.82) is 0 Å². The maximum Gasteiger partial charge on any atom is 0.225 e. The zero-order chi connectivity index (χ0) is 11.7. The van der Waals surface area contributed by atoms with Gasteiger partial charge in [0.15, 0.2) is 0 Å². The first kappa shape index (κ1) is 11.1. The normalized spacial score (nSPS) is 12.8. The van der Waals surface area contributed by atoms with Gasteiger partial charge in [-0.2, -0.15) is 0 Å². The number of halogens is 1. The number of benzene rings is 1. The van der Waals surface area contributed by atoms with E-state index < -0.39 is 0 Å². The second kappa shape index (κ2) is 4.26. The van der Waals surface area contributed by atoms with Crippen molar-refractivity contribution in [3.05, 3.63) is 46.5 Å². The van der Waals surface area contributed by atoms with Crippen LogP contribution in [0.3, 0.4) is 0 Å². The lowest BCUT2D eigenvalue weighted by molar-refractivity contribution is 0.618. The van der Waals surface area contributed by atoms with Gasteiger partial charge in [-0.15, -0.1) is 10.2 Å². The number of hydrogen-bond donors (Lipinski definition) is 0. The molecule has 0 saturated heterocycles. The van der Waals surface area contributed by atoms with E-state index in [9.17, 15) is 0 Å². The maximum absolute atomic E-state index is 6.01. The van der Waals surface area contributed by atoms with Crippen molar-refractivity contribution in [3.63, 3.8) is 0 Å². The summed E-state index contributed by atoms with van der Waals surface area (Å²) < 4.78 is 1.92. The third-order valence-electron chi connectivity index (χ3n) is 2.77. The van der Waals surface area contributed by atoms with Crippen molar-refractivity contribution in [1.82, 2.24) is 14.8 Å². The molecule has 16 heavy (non-hydrogen) atoms. The van der Waals surface area contributed by atoms with Gasteiger partial charge in [-0.3, -0.25) is 4.57 Å². The Balaban J connectivity index is 2.39. The first-order valence-electron chi connectivity index (χ1n) is 5.23. The fraction of sp³-hybridized carbons (Fsp3) is 0.333. The smallest absolute Gasteiger partial charge is 0.225 e. The van der Waals surface area contributed by atoms with E-state index >= 15 is 0 Å². The molecular weight excluding hydrogens is 222 g/mol. The van der Waals surface area contributed by atoms with Crippen LogP contribution >= 0.6 is 11.6 Å². The molecule has 4 heteroatoms. The lowest BCUT2D eigenvalue weighted by Crippen LogP contribution is -2.08. The quantitative estimate of drug-likeness (QED) is 0.801. The Morgan fingerprint density at radius 2 is 1.75 bits per heavy atom. The molecular formula is C12H14ClN3. The zero-order valence-electron chi connectivity index (χ0n) is 9.61. The van der Waals surface area contributed by atoms with E-state index in [-0.39, 0.29) is 6.04 Å². The number of aryl methyl sites for hydroxylation is 2. The first-order valence-corrected chi connectivity index (χ1v) is 5.61. The number of aromatic nitrogens is 3. The van der Waals surface area contributed by atoms with E-state index in [1.54, 1.807) is 0 Å². The minimum Gasteiger partial charge on any atom is -0.295 e. The Bertz CT molecular complexity index is 468. The van der Waals surface area contributed by atoms with Crippen molar-refractivity contribution in [3.8, 4) is 0 Å². The second-order valence-electron chi connectivity index (χ2n) is 3.97. The minimum absolute atomic E-state index is 0.156. The number of rotatable bonds is 2. The van der Waals surface area contributed by atoms with Crippen LogP contribution in [0.1, 0.15) is 29.9 Å². The Kier molecular flexibility index (Phi) is 2.97. The summed E-state index contributed by atoms with van der Waals surface area (Å²) in [4.78, 5) is 0. The molecule has 1 aromatic heterocycles. The highest BCUT2D eigenvalue weighted by Gasteiger charge is 2.14. The van der Waals surface area contributed by atoms with Crippen LogP contribution in [0.25, 0.3) is 0 Å². The van der Waals surface area contributed by atoms with Crippen molar-refractivity contribution in [2.45, 2.75) is 26.8 Å². The highest BCUT2D eigenvalue weighted by atomic mass is 35.5. The Hall–Kier alpha value is -1.35. The van der Waals surface area contributed by atoms with Crippen LogP contribution in [0.4, 0.5) is 0 Å². The SMILES string of the molecule is Cc1ccc(C(C)n2c(C)nnc2Cl)cc1. The van der Waals surface area contributed by atoms with E-state index in [1.807, 2.05) is 11.5 Å². The van der Waals surface area contributed by atoms with E-state index in [0.717, 1.165) is 5.82 Å². The first-order chi connectivity index (χ1) is 7.59. The third kappa shape index (κ3) is 1.95. The van der Waals surface area contributed by atoms with Gasteiger partial charge in [0, 0.05) is 0 Å². The molecule has 0 radical (unpaired) electrons. The minimum atomic E-state index is 0.156. The topological polar surface area (TPSA) is 30.7 Å². The lowest BCUT2D eigenvalue weighted by Gasteiger charge is -2.15. The van der Waals surface area contributed by atoms with Crippen LogP contribution < -0.4 is 0 Å². The predicted molar refractivity (Wildman–Crippen MR) is 64.8 cm³/mol. The summed E-state index contributed by atoms with van der Waals surface area (Å²) in [6, 6.07) is 8.56. The number of hydrogen-bond acceptors (Lipinski definition) is 2. The van der Waals surface area contributed by atoms with Crippen LogP contribution in [-0.2, 0) is 0 Å². The molecule has 0 spiro atoms. The van der Waals surface area contributed by atoms with Gasteiger partial charge in [0.05, 0.1) is 6.04 Å². The molecule has 1 aromatic carbocycles. The lowest BCUT2D eigenvalue weighted by atomic mass is 10.1. The summed E-state index contributed by atoms with van der Waals surface area (Å²) in [6.45, 7) is 6.07. The molecule has 0 aliphatic carbocycles. The molecule has 0 bridgehead atoms. The summed E-state index contributed by atoms with van der Waals surface area (Å²) in [6.07, 6.45) is 0. The average molecular weight is 236 g/mol. The molecule has 0 aliphatic heterocycles. The average Bonchev–Trinajstić information content (AvgIpc) is 2.59. The van der Waals surface area contributed by atoms with E-state index in [4.69, 9.17) is 11.6 Å². The number of nitrogens with zero attached hydrogens (tertiary/aromatic N) is 3. The standard InChI is InChI=1S/C12H14ClN3/c1-8-4-6-11(7-5-8)9(2)16-10(3)14-15-12(16)13/h4-7,9H,1-3H3. The summed E-state index contributed by atoms with van der Waals surface area (Å²) >= 11 is 6.01. The second-order valence-corrected chi connectivity index (χ2v) is 4.31. The van der Waals surface area contributed by atoms with Gasteiger partial charge in [0.1, 0.15) is 5.82 Å². The van der Waals surface area contributed by atoms with Crippen molar-refractivity contribution in [2.24, 2.45) is 0 Å². The molecule has 84 valence electrons. The summed E-state index contributed by atoms with van der Waals surface area (Å²) in [5.41, 5.74) is 2.46. The van der Waals surface area contributed by atoms with E-state index in [2.05, 4.69) is 48.3 Å². The Labute approximate surface area is 100 Å². The molecule has 3 nitrogen and oxygen atoms in total. The van der Waals surface area contributed by atoms with Gasteiger partial charge in [-0.1, -0.05) is 29.8 Å². The molecule has 0 aliphatic rings.